The summed E-state index contributed by atoms with van der Waals surface area (Å²) in [6.07, 6.45) is 2.56. The van der Waals surface area contributed by atoms with Crippen LogP contribution in [0.25, 0.3) is 0 Å². The van der Waals surface area contributed by atoms with Crippen LogP contribution in [0.4, 0.5) is 5.69 Å². The molecule has 6 aliphatic rings. The first kappa shape index (κ1) is 14.1. The number of likely N-dealkylation sites (N-methyl/N-ethyl adjacent to an activating group) is 1. The average molecular weight is 326 g/mol. The van der Waals surface area contributed by atoms with Gasteiger partial charge in [0.2, 0.25) is 0 Å². The molecule has 1 aromatic rings. The summed E-state index contributed by atoms with van der Waals surface area (Å²) in [5.74, 6) is 1.14. The summed E-state index contributed by atoms with van der Waals surface area (Å²) in [7, 11) is 2.19. The second-order valence-electron chi connectivity index (χ2n) is 8.81. The second-order valence-corrected chi connectivity index (χ2v) is 8.81. The van der Waals surface area contributed by atoms with E-state index in [1.807, 2.05) is 0 Å². The molecule has 1 saturated carbocycles. The topological polar surface area (TPSA) is 46.9 Å². The van der Waals surface area contributed by atoms with E-state index in [0.29, 0.717) is 35.9 Å². The third kappa shape index (κ3) is 1.20. The molecule has 1 aliphatic carbocycles. The van der Waals surface area contributed by atoms with Crippen molar-refractivity contribution in [1.82, 2.24) is 4.90 Å². The van der Waals surface area contributed by atoms with Crippen molar-refractivity contribution in [3.63, 3.8) is 0 Å². The second kappa shape index (κ2) is 4.17. The molecule has 0 amide bonds. The molecule has 10 atom stereocenters. The Kier molecular flexibility index (Phi) is 2.45. The number of aliphatic hydroxyl groups is 2. The van der Waals surface area contributed by atoms with Crippen molar-refractivity contribution in [1.29, 1.82) is 0 Å². The van der Waals surface area contributed by atoms with Gasteiger partial charge in [-0.1, -0.05) is 25.1 Å². The van der Waals surface area contributed by atoms with Crippen molar-refractivity contribution in [2.75, 3.05) is 11.9 Å². The summed E-state index contributed by atoms with van der Waals surface area (Å²) >= 11 is 0. The zero-order valence-electron chi connectivity index (χ0n) is 14.3. The Morgan fingerprint density at radius 2 is 2.00 bits per heavy atom. The first-order valence-corrected chi connectivity index (χ1v) is 9.57. The number of benzene rings is 1. The van der Waals surface area contributed by atoms with Gasteiger partial charge in [0.15, 0.2) is 0 Å². The minimum absolute atomic E-state index is 0.126. The van der Waals surface area contributed by atoms with Crippen molar-refractivity contribution in [3.8, 4) is 0 Å². The molecule has 1 aromatic carbocycles. The Morgan fingerprint density at radius 1 is 1.21 bits per heavy atom. The van der Waals surface area contributed by atoms with E-state index < -0.39 is 0 Å². The van der Waals surface area contributed by atoms with Crippen LogP contribution in [0.5, 0.6) is 0 Å². The van der Waals surface area contributed by atoms with Gasteiger partial charge in [-0.05, 0) is 36.8 Å². The molecule has 4 nitrogen and oxygen atoms in total. The van der Waals surface area contributed by atoms with Gasteiger partial charge in [0, 0.05) is 42.1 Å². The highest BCUT2D eigenvalue weighted by molar-refractivity contribution is 5.67. The molecule has 5 aliphatic heterocycles. The summed E-state index contributed by atoms with van der Waals surface area (Å²) < 4.78 is 0. The van der Waals surface area contributed by atoms with Gasteiger partial charge in [-0.3, -0.25) is 4.90 Å². The van der Waals surface area contributed by atoms with Crippen LogP contribution < -0.4 is 4.90 Å². The molecule has 1 spiro atoms. The average Bonchev–Trinajstić information content (AvgIpc) is 2.97. The monoisotopic (exact) mass is 326 g/mol. The van der Waals surface area contributed by atoms with Crippen molar-refractivity contribution < 1.29 is 10.2 Å². The summed E-state index contributed by atoms with van der Waals surface area (Å²) in [5.41, 5.74) is 2.51. The lowest BCUT2D eigenvalue weighted by molar-refractivity contribution is -0.211. The van der Waals surface area contributed by atoms with E-state index in [2.05, 4.69) is 48.0 Å². The van der Waals surface area contributed by atoms with Crippen molar-refractivity contribution in [2.45, 2.75) is 62.1 Å². The molecule has 4 saturated heterocycles. The molecule has 7 rings (SSSR count). The summed E-state index contributed by atoms with van der Waals surface area (Å²) in [6.45, 7) is 2.19. The third-order valence-corrected chi connectivity index (χ3v) is 8.46. The van der Waals surface area contributed by atoms with Crippen LogP contribution in [0.1, 0.15) is 31.7 Å². The molecule has 0 radical (unpaired) electrons. The number of anilines is 1. The van der Waals surface area contributed by atoms with Gasteiger partial charge < -0.3 is 15.1 Å². The maximum atomic E-state index is 11.6. The Bertz CT molecular complexity index is 723. The van der Waals surface area contributed by atoms with Gasteiger partial charge in [-0.15, -0.1) is 0 Å². The number of rotatable bonds is 1. The zero-order chi connectivity index (χ0) is 16.4. The fourth-order valence-electron chi connectivity index (χ4n) is 7.88. The van der Waals surface area contributed by atoms with E-state index in [4.69, 9.17) is 0 Å². The Morgan fingerprint density at radius 3 is 2.79 bits per heavy atom. The molecular formula is C20H26N2O2. The van der Waals surface area contributed by atoms with Gasteiger partial charge in [-0.2, -0.15) is 0 Å². The molecule has 5 bridgehead atoms. The quantitative estimate of drug-likeness (QED) is 0.822. The van der Waals surface area contributed by atoms with Crippen molar-refractivity contribution in [3.05, 3.63) is 29.8 Å². The normalized spacial score (nSPS) is 55.8. The highest BCUT2D eigenvalue weighted by Crippen LogP contribution is 2.68. The first-order chi connectivity index (χ1) is 11.6. The summed E-state index contributed by atoms with van der Waals surface area (Å²) in [4.78, 5) is 4.83. The van der Waals surface area contributed by atoms with Crippen molar-refractivity contribution >= 4 is 5.69 Å². The minimum atomic E-state index is -0.319. The lowest BCUT2D eigenvalue weighted by atomic mass is 9.62. The van der Waals surface area contributed by atoms with E-state index in [1.165, 1.54) is 11.3 Å². The van der Waals surface area contributed by atoms with Crippen LogP contribution in [0.15, 0.2) is 24.3 Å². The first-order valence-electron chi connectivity index (χ1n) is 9.57. The van der Waals surface area contributed by atoms with Crippen molar-refractivity contribution in [2.24, 2.45) is 17.8 Å². The van der Waals surface area contributed by atoms with E-state index in [1.54, 1.807) is 0 Å². The van der Waals surface area contributed by atoms with E-state index in [0.717, 1.165) is 19.3 Å². The largest absolute Gasteiger partial charge is 0.392 e. The standard InChI is InChI=1S/C20H26N2O2/c1-3-10-11-8-14-17-20(12-6-4-5-7-13(12)21(17)2)9-15(16(11)18(20)23)22(14)19(10)24/h4-7,10-11,14-19,23-24H,3,8-9H2,1-2H3/t10-,11-,14-,15-,16+,17-,18+,19+,20+/m0/s1. The fraction of sp³-hybridized carbons (Fsp3) is 0.700. The number of piperidine rings is 4. The van der Waals surface area contributed by atoms with Crippen LogP contribution in [0.3, 0.4) is 0 Å². The smallest absolute Gasteiger partial charge is 0.111 e. The Labute approximate surface area is 143 Å². The van der Waals surface area contributed by atoms with E-state index in [-0.39, 0.29) is 17.7 Å². The molecular weight excluding hydrogens is 300 g/mol. The molecule has 128 valence electrons. The van der Waals surface area contributed by atoms with Gasteiger partial charge in [-0.25, -0.2) is 0 Å². The van der Waals surface area contributed by atoms with E-state index >= 15 is 0 Å². The molecule has 2 N–H and O–H groups in total. The number of nitrogens with zero attached hydrogens (tertiary/aromatic N) is 2. The fourth-order valence-corrected chi connectivity index (χ4v) is 7.88. The molecule has 5 fully saturated rings. The number of hydrogen-bond acceptors (Lipinski definition) is 4. The van der Waals surface area contributed by atoms with Crippen LogP contribution in [0.2, 0.25) is 0 Å². The maximum Gasteiger partial charge on any atom is 0.111 e. The SMILES string of the molecule is CC[C@H]1[C@@H]2C[C@H]3[C@@H]4N(C)c5ccccc5[C@]45C[C@@H]([C@@H]2[C@H]5O)N3[C@@H]1O. The molecule has 0 aromatic heterocycles. The lowest BCUT2D eigenvalue weighted by Crippen LogP contribution is -2.72. The van der Waals surface area contributed by atoms with Crippen LogP contribution in [-0.4, -0.2) is 52.6 Å². The lowest BCUT2D eigenvalue weighted by Gasteiger charge is -2.62. The maximum absolute atomic E-state index is 11.6. The third-order valence-electron chi connectivity index (χ3n) is 8.46. The molecule has 24 heavy (non-hydrogen) atoms. The molecule has 5 heterocycles. The van der Waals surface area contributed by atoms with Crippen LogP contribution in [-0.2, 0) is 5.41 Å². The van der Waals surface area contributed by atoms with Gasteiger partial charge in [0.1, 0.15) is 6.23 Å². The minimum Gasteiger partial charge on any atom is -0.392 e. The summed E-state index contributed by atoms with van der Waals surface area (Å²) in [6, 6.07) is 9.70. The predicted molar refractivity (Wildman–Crippen MR) is 91.7 cm³/mol. The van der Waals surface area contributed by atoms with Crippen LogP contribution >= 0.6 is 0 Å². The number of hydrogen-bond donors (Lipinski definition) is 2. The number of para-hydroxylation sites is 1. The Balaban J connectivity index is 1.60. The predicted octanol–water partition coefficient (Wildman–Crippen LogP) is 1.55. The summed E-state index contributed by atoms with van der Waals surface area (Å²) in [5, 5.41) is 22.6. The molecule has 4 heteroatoms. The van der Waals surface area contributed by atoms with Gasteiger partial charge in [0.05, 0.1) is 12.1 Å². The zero-order valence-corrected chi connectivity index (χ0v) is 14.3. The number of aliphatic hydroxyl groups excluding tert-OH is 2. The Hall–Kier alpha value is -1.10. The van der Waals surface area contributed by atoms with Crippen LogP contribution in [0, 0.1) is 17.8 Å². The van der Waals surface area contributed by atoms with Gasteiger partial charge >= 0.3 is 0 Å². The molecule has 1 unspecified atom stereocenters. The van der Waals surface area contributed by atoms with Gasteiger partial charge in [0.25, 0.3) is 0 Å². The van der Waals surface area contributed by atoms with E-state index in [9.17, 15) is 10.2 Å². The highest BCUT2D eigenvalue weighted by atomic mass is 16.3. The highest BCUT2D eigenvalue weighted by Gasteiger charge is 2.76. The number of fused-ring (bicyclic) bond motifs is 2.